The molecule has 2 aliphatic heterocycles. The van der Waals surface area contributed by atoms with E-state index in [1.165, 1.54) is 0 Å². The number of likely N-dealkylation sites (tertiary alicyclic amines) is 1. The lowest BCUT2D eigenvalue weighted by Gasteiger charge is -2.30. The van der Waals surface area contributed by atoms with E-state index < -0.39 is 0 Å². The number of nitrogens with zero attached hydrogens (tertiary/aromatic N) is 1. The molecule has 0 unspecified atom stereocenters. The number of fused-ring (bicyclic) bond motifs is 1. The smallest absolute Gasteiger partial charge is 0.231 e. The molecule has 140 valence electrons. The molecule has 0 spiro atoms. The number of halogens is 1. The number of carbonyl (C=O) groups excluding carboxylic acids is 1. The number of hydrogen-bond donors (Lipinski definition) is 1. The molecule has 2 heterocycles. The minimum atomic E-state index is -0.138. The summed E-state index contributed by atoms with van der Waals surface area (Å²) in [7, 11) is 0. The molecule has 2 aromatic rings. The molecule has 0 bridgehead atoms. The Morgan fingerprint density at radius 1 is 1.19 bits per heavy atom. The Bertz CT molecular complexity index is 897. The first-order valence-electron chi connectivity index (χ1n) is 9.28. The van der Waals surface area contributed by atoms with Crippen molar-refractivity contribution in [2.24, 2.45) is 5.92 Å². The highest BCUT2D eigenvalue weighted by Crippen LogP contribution is 2.40. The van der Waals surface area contributed by atoms with Gasteiger partial charge >= 0.3 is 0 Å². The van der Waals surface area contributed by atoms with E-state index >= 15 is 0 Å². The summed E-state index contributed by atoms with van der Waals surface area (Å²) in [6.45, 7) is 4.87. The molecule has 0 saturated carbocycles. The molecule has 1 saturated heterocycles. The summed E-state index contributed by atoms with van der Waals surface area (Å²) in [5.74, 6) is 1.59. The van der Waals surface area contributed by atoms with Gasteiger partial charge in [0.15, 0.2) is 5.76 Å². The first-order chi connectivity index (χ1) is 13.0. The Hall–Kier alpha value is -2.11. The molecular formula is C22H22BrNO3. The normalized spacial score (nSPS) is 19.3. The van der Waals surface area contributed by atoms with E-state index in [4.69, 9.17) is 4.74 Å². The van der Waals surface area contributed by atoms with Gasteiger partial charge in [0.1, 0.15) is 11.5 Å². The Morgan fingerprint density at radius 2 is 1.89 bits per heavy atom. The number of benzene rings is 2. The lowest BCUT2D eigenvalue weighted by molar-refractivity contribution is 0.101. The van der Waals surface area contributed by atoms with Gasteiger partial charge in [-0.05, 0) is 67.8 Å². The van der Waals surface area contributed by atoms with Gasteiger partial charge in [-0.15, -0.1) is 0 Å². The average molecular weight is 428 g/mol. The van der Waals surface area contributed by atoms with E-state index in [-0.39, 0.29) is 11.5 Å². The zero-order valence-corrected chi connectivity index (χ0v) is 16.8. The monoisotopic (exact) mass is 427 g/mol. The Balaban J connectivity index is 1.61. The molecule has 0 aliphatic carbocycles. The third-order valence-corrected chi connectivity index (χ3v) is 5.87. The fourth-order valence-corrected chi connectivity index (χ4v) is 3.87. The largest absolute Gasteiger partial charge is 0.507 e. The van der Waals surface area contributed by atoms with Crippen molar-refractivity contribution >= 4 is 27.8 Å². The van der Waals surface area contributed by atoms with Gasteiger partial charge in [-0.1, -0.05) is 35.0 Å². The van der Waals surface area contributed by atoms with Crippen LogP contribution in [-0.4, -0.2) is 28.9 Å². The summed E-state index contributed by atoms with van der Waals surface area (Å²) in [5.41, 5.74) is 2.12. The second kappa shape index (κ2) is 7.49. The van der Waals surface area contributed by atoms with Gasteiger partial charge in [0.05, 0.1) is 11.1 Å². The number of aromatic hydroxyl groups is 1. The second-order valence-electron chi connectivity index (χ2n) is 7.39. The number of rotatable bonds is 3. The van der Waals surface area contributed by atoms with E-state index in [1.807, 2.05) is 24.3 Å². The number of ketones is 1. The van der Waals surface area contributed by atoms with Crippen molar-refractivity contribution < 1.29 is 14.6 Å². The number of hydrogen-bond acceptors (Lipinski definition) is 4. The highest BCUT2D eigenvalue weighted by atomic mass is 79.9. The average Bonchev–Trinajstić information content (AvgIpc) is 2.97. The number of Topliss-reactive ketones (excluding diaryl/α,β-unsaturated/α-hetero) is 1. The number of allylic oxidation sites excluding steroid dienone is 1. The summed E-state index contributed by atoms with van der Waals surface area (Å²) in [6, 6.07) is 10.9. The quantitative estimate of drug-likeness (QED) is 0.699. The van der Waals surface area contributed by atoms with Gasteiger partial charge in [-0.2, -0.15) is 0 Å². The Kier molecular flexibility index (Phi) is 5.06. The Labute approximate surface area is 167 Å². The maximum Gasteiger partial charge on any atom is 0.231 e. The van der Waals surface area contributed by atoms with Crippen molar-refractivity contribution in [3.63, 3.8) is 0 Å². The molecule has 4 nitrogen and oxygen atoms in total. The molecule has 2 aromatic carbocycles. The predicted octanol–water partition coefficient (Wildman–Crippen LogP) is 5.00. The second-order valence-corrected chi connectivity index (χ2v) is 8.31. The molecule has 0 radical (unpaired) electrons. The standard InChI is InChI=1S/C22H22BrNO3/c1-14-8-10-24(11-9-14)13-18-19(25)7-6-17-21(26)20(27-22(17)18)12-15-2-4-16(23)5-3-15/h2-7,12,14,25H,8-11,13H2,1H3/b20-12-. The van der Waals surface area contributed by atoms with Crippen LogP contribution in [-0.2, 0) is 6.54 Å². The number of phenolic OH excluding ortho intramolecular Hbond substituents is 1. The first kappa shape index (κ1) is 18.3. The van der Waals surface area contributed by atoms with Crippen molar-refractivity contribution in [1.82, 2.24) is 4.90 Å². The van der Waals surface area contributed by atoms with Crippen molar-refractivity contribution in [3.8, 4) is 11.5 Å². The van der Waals surface area contributed by atoms with Crippen LogP contribution in [0.1, 0.15) is 41.3 Å². The van der Waals surface area contributed by atoms with Crippen LogP contribution in [0.4, 0.5) is 0 Å². The molecule has 1 N–H and O–H groups in total. The van der Waals surface area contributed by atoms with E-state index in [1.54, 1.807) is 18.2 Å². The zero-order chi connectivity index (χ0) is 19.0. The zero-order valence-electron chi connectivity index (χ0n) is 15.2. The van der Waals surface area contributed by atoms with Crippen LogP contribution in [0, 0.1) is 5.92 Å². The van der Waals surface area contributed by atoms with Gasteiger partial charge in [0, 0.05) is 11.0 Å². The van der Waals surface area contributed by atoms with Gasteiger partial charge in [0.25, 0.3) is 0 Å². The number of piperidine rings is 1. The third kappa shape index (κ3) is 3.80. The van der Waals surface area contributed by atoms with Gasteiger partial charge < -0.3 is 9.84 Å². The number of phenols is 1. The molecule has 2 aliphatic rings. The minimum Gasteiger partial charge on any atom is -0.507 e. The van der Waals surface area contributed by atoms with Crippen LogP contribution in [0.3, 0.4) is 0 Å². The van der Waals surface area contributed by atoms with Crippen LogP contribution < -0.4 is 4.74 Å². The minimum absolute atomic E-state index is 0.138. The van der Waals surface area contributed by atoms with Gasteiger partial charge in [0.2, 0.25) is 5.78 Å². The van der Waals surface area contributed by atoms with E-state index in [0.29, 0.717) is 29.2 Å². The summed E-state index contributed by atoms with van der Waals surface area (Å²) >= 11 is 3.41. The molecular weight excluding hydrogens is 406 g/mol. The maximum atomic E-state index is 12.8. The van der Waals surface area contributed by atoms with E-state index in [0.717, 1.165) is 41.9 Å². The van der Waals surface area contributed by atoms with Gasteiger partial charge in [-0.3, -0.25) is 9.69 Å². The topological polar surface area (TPSA) is 49.8 Å². The number of carbonyl (C=O) groups is 1. The Morgan fingerprint density at radius 3 is 2.59 bits per heavy atom. The molecule has 4 rings (SSSR count). The summed E-state index contributed by atoms with van der Waals surface area (Å²) in [5, 5.41) is 10.4. The van der Waals surface area contributed by atoms with Crippen LogP contribution in [0.25, 0.3) is 6.08 Å². The molecule has 0 aromatic heterocycles. The summed E-state index contributed by atoms with van der Waals surface area (Å²) in [4.78, 5) is 15.1. The maximum absolute atomic E-state index is 12.8. The fourth-order valence-electron chi connectivity index (χ4n) is 3.60. The van der Waals surface area contributed by atoms with Crippen molar-refractivity contribution in [1.29, 1.82) is 0 Å². The van der Waals surface area contributed by atoms with Crippen molar-refractivity contribution in [3.05, 3.63) is 63.3 Å². The predicted molar refractivity (Wildman–Crippen MR) is 109 cm³/mol. The molecule has 0 amide bonds. The highest BCUT2D eigenvalue weighted by molar-refractivity contribution is 9.10. The van der Waals surface area contributed by atoms with Crippen LogP contribution in [0.2, 0.25) is 0 Å². The third-order valence-electron chi connectivity index (χ3n) is 5.34. The summed E-state index contributed by atoms with van der Waals surface area (Å²) < 4.78 is 6.92. The van der Waals surface area contributed by atoms with E-state index in [2.05, 4.69) is 27.8 Å². The van der Waals surface area contributed by atoms with Crippen LogP contribution in [0.15, 0.2) is 46.6 Å². The number of ether oxygens (including phenoxy) is 1. The highest BCUT2D eigenvalue weighted by Gasteiger charge is 2.32. The van der Waals surface area contributed by atoms with Crippen LogP contribution >= 0.6 is 15.9 Å². The summed E-state index contributed by atoms with van der Waals surface area (Å²) in [6.07, 6.45) is 4.06. The van der Waals surface area contributed by atoms with Crippen LogP contribution in [0.5, 0.6) is 11.5 Å². The molecule has 5 heteroatoms. The molecule has 27 heavy (non-hydrogen) atoms. The van der Waals surface area contributed by atoms with Gasteiger partial charge in [-0.25, -0.2) is 0 Å². The van der Waals surface area contributed by atoms with Crippen molar-refractivity contribution in [2.75, 3.05) is 13.1 Å². The lowest BCUT2D eigenvalue weighted by Crippen LogP contribution is -2.32. The molecule has 0 atom stereocenters. The van der Waals surface area contributed by atoms with Crippen molar-refractivity contribution in [2.45, 2.75) is 26.3 Å². The molecule has 1 fully saturated rings. The first-order valence-corrected chi connectivity index (χ1v) is 10.1. The lowest BCUT2D eigenvalue weighted by atomic mass is 9.98. The SMILES string of the molecule is CC1CCN(Cc2c(O)ccc3c2O/C(=C\c2ccc(Br)cc2)C3=O)CC1. The van der Waals surface area contributed by atoms with E-state index in [9.17, 15) is 9.90 Å². The fraction of sp³-hybridized carbons (Fsp3) is 0.318.